The molecule has 0 spiro atoms. The summed E-state index contributed by atoms with van der Waals surface area (Å²) in [6, 6.07) is 0. The van der Waals surface area contributed by atoms with Gasteiger partial charge in [-0.05, 0) is 13.8 Å². The number of fused-ring (bicyclic) bond motifs is 1. The van der Waals surface area contributed by atoms with Crippen molar-refractivity contribution < 1.29 is 13.9 Å². The van der Waals surface area contributed by atoms with Crippen molar-refractivity contribution in [2.24, 2.45) is 0 Å². The first-order valence-electron chi connectivity index (χ1n) is 7.44. The van der Waals surface area contributed by atoms with Crippen LogP contribution in [0.15, 0.2) is 6.33 Å². The SMILES string of the molecule is CN(C)c1nc(NCC(F)F)c2ncnc(NC(I)C(C)(C)O)c2n1. The van der Waals surface area contributed by atoms with E-state index in [0.29, 0.717) is 22.8 Å². The number of nitrogens with one attached hydrogen (secondary N) is 2. The molecule has 0 aliphatic carbocycles. The lowest BCUT2D eigenvalue weighted by atomic mass is 10.1. The molecule has 138 valence electrons. The van der Waals surface area contributed by atoms with Crippen molar-refractivity contribution in [1.82, 2.24) is 19.9 Å². The highest BCUT2D eigenvalue weighted by Crippen LogP contribution is 2.28. The van der Waals surface area contributed by atoms with Gasteiger partial charge in [0.1, 0.15) is 21.4 Å². The van der Waals surface area contributed by atoms with Crippen LogP contribution >= 0.6 is 22.6 Å². The van der Waals surface area contributed by atoms with Gasteiger partial charge in [-0.3, -0.25) is 0 Å². The maximum atomic E-state index is 12.6. The molecule has 0 radical (unpaired) electrons. The molecule has 3 N–H and O–H groups in total. The third-order valence-electron chi connectivity index (χ3n) is 3.18. The van der Waals surface area contributed by atoms with Crippen LogP contribution in [0.3, 0.4) is 0 Å². The molecule has 2 aromatic rings. The van der Waals surface area contributed by atoms with Crippen LogP contribution in [0.2, 0.25) is 0 Å². The van der Waals surface area contributed by atoms with E-state index >= 15 is 0 Å². The molecule has 2 aromatic heterocycles. The number of hydrogen-bond donors (Lipinski definition) is 3. The van der Waals surface area contributed by atoms with Gasteiger partial charge in [-0.15, -0.1) is 0 Å². The molecule has 2 heterocycles. The summed E-state index contributed by atoms with van der Waals surface area (Å²) in [5.74, 6) is 0.917. The van der Waals surface area contributed by atoms with Crippen LogP contribution < -0.4 is 15.5 Å². The molecule has 0 amide bonds. The normalized spacial score (nSPS) is 13.2. The van der Waals surface area contributed by atoms with Crippen molar-refractivity contribution in [3.05, 3.63) is 6.33 Å². The summed E-state index contributed by atoms with van der Waals surface area (Å²) in [5.41, 5.74) is -0.307. The zero-order valence-electron chi connectivity index (χ0n) is 14.3. The molecular weight excluding hydrogens is 447 g/mol. The number of hydrogen-bond acceptors (Lipinski definition) is 8. The molecular formula is C14H20F2IN7O. The first kappa shape index (κ1) is 19.7. The Hall–Kier alpha value is -1.63. The fourth-order valence-corrected chi connectivity index (χ4v) is 2.13. The Morgan fingerprint density at radius 2 is 1.88 bits per heavy atom. The predicted octanol–water partition coefficient (Wildman–Crippen LogP) is 2.11. The Balaban J connectivity index is 2.53. The molecule has 0 saturated heterocycles. The number of aromatic nitrogens is 4. The minimum Gasteiger partial charge on any atom is -0.387 e. The summed E-state index contributed by atoms with van der Waals surface area (Å²) >= 11 is 2.05. The smallest absolute Gasteiger partial charge is 0.255 e. The molecule has 11 heteroatoms. The Kier molecular flexibility index (Phi) is 6.08. The second-order valence-electron chi connectivity index (χ2n) is 6.12. The van der Waals surface area contributed by atoms with Crippen LogP contribution in [-0.4, -0.2) is 61.8 Å². The fourth-order valence-electron chi connectivity index (χ4n) is 1.84. The first-order valence-corrected chi connectivity index (χ1v) is 8.69. The average Bonchev–Trinajstić information content (AvgIpc) is 2.51. The van der Waals surface area contributed by atoms with Crippen molar-refractivity contribution in [3.8, 4) is 0 Å². The van der Waals surface area contributed by atoms with E-state index in [0.717, 1.165) is 0 Å². The molecule has 8 nitrogen and oxygen atoms in total. The molecule has 0 fully saturated rings. The van der Waals surface area contributed by atoms with Gasteiger partial charge in [0.05, 0.1) is 12.1 Å². The van der Waals surface area contributed by atoms with Crippen molar-refractivity contribution in [3.63, 3.8) is 0 Å². The molecule has 0 aromatic carbocycles. The highest BCUT2D eigenvalue weighted by molar-refractivity contribution is 14.1. The number of halogens is 3. The number of aliphatic hydroxyl groups is 1. The third kappa shape index (κ3) is 4.93. The van der Waals surface area contributed by atoms with Gasteiger partial charge in [-0.25, -0.2) is 23.7 Å². The van der Waals surface area contributed by atoms with Crippen LogP contribution in [0.4, 0.5) is 26.4 Å². The molecule has 0 aliphatic heterocycles. The number of alkyl halides is 3. The molecule has 1 atom stereocenters. The Bertz CT molecular complexity index is 739. The molecule has 2 rings (SSSR count). The Morgan fingerprint density at radius 3 is 2.44 bits per heavy atom. The van der Waals surface area contributed by atoms with Crippen molar-refractivity contribution >= 4 is 51.2 Å². The minimum atomic E-state index is -2.53. The van der Waals surface area contributed by atoms with Crippen LogP contribution in [-0.2, 0) is 0 Å². The summed E-state index contributed by atoms with van der Waals surface area (Å²) in [6.45, 7) is 2.77. The van der Waals surface area contributed by atoms with Gasteiger partial charge in [-0.2, -0.15) is 4.98 Å². The number of anilines is 3. The lowest BCUT2D eigenvalue weighted by Crippen LogP contribution is -2.37. The van der Waals surface area contributed by atoms with Gasteiger partial charge in [0.2, 0.25) is 5.95 Å². The largest absolute Gasteiger partial charge is 0.387 e. The number of rotatable bonds is 7. The van der Waals surface area contributed by atoms with E-state index in [4.69, 9.17) is 0 Å². The quantitative estimate of drug-likeness (QED) is 0.324. The summed E-state index contributed by atoms with van der Waals surface area (Å²) < 4.78 is 24.8. The minimum absolute atomic E-state index is 0.202. The summed E-state index contributed by atoms with van der Waals surface area (Å²) in [4.78, 5) is 18.6. The highest BCUT2D eigenvalue weighted by Gasteiger charge is 2.25. The number of nitrogens with zero attached hydrogens (tertiary/aromatic N) is 5. The van der Waals surface area contributed by atoms with Crippen molar-refractivity contribution in [2.75, 3.05) is 36.2 Å². The highest BCUT2D eigenvalue weighted by atomic mass is 127. The second kappa shape index (κ2) is 7.72. The first-order chi connectivity index (χ1) is 11.6. The van der Waals surface area contributed by atoms with Gasteiger partial charge in [-0.1, -0.05) is 22.6 Å². The average molecular weight is 467 g/mol. The Morgan fingerprint density at radius 1 is 1.20 bits per heavy atom. The standard InChI is InChI=1S/C14H20F2IN7O/c1-14(2,25)12(17)22-11-9-8(19-6-20-11)10(18-5-7(15)16)23-13(21-9)24(3)4/h6-7,12,25H,5H2,1-4H3,(H,18,21,23)(H,19,20,22). The second-order valence-corrected chi connectivity index (χ2v) is 7.36. The van der Waals surface area contributed by atoms with Gasteiger partial charge in [0.25, 0.3) is 6.43 Å². The molecule has 0 bridgehead atoms. The maximum absolute atomic E-state index is 12.6. The van der Waals surface area contributed by atoms with Crippen LogP contribution in [0.25, 0.3) is 11.0 Å². The maximum Gasteiger partial charge on any atom is 0.255 e. The van der Waals surface area contributed by atoms with Crippen LogP contribution in [0.1, 0.15) is 13.8 Å². The van der Waals surface area contributed by atoms with Crippen molar-refractivity contribution in [1.29, 1.82) is 0 Å². The van der Waals surface area contributed by atoms with E-state index in [2.05, 4.69) is 53.2 Å². The third-order valence-corrected chi connectivity index (χ3v) is 5.01. The summed E-state index contributed by atoms with van der Waals surface area (Å²) in [7, 11) is 3.49. The van der Waals surface area contributed by atoms with Gasteiger partial charge in [0, 0.05) is 14.1 Å². The van der Waals surface area contributed by atoms with E-state index in [9.17, 15) is 13.9 Å². The van der Waals surface area contributed by atoms with E-state index in [1.807, 2.05) is 0 Å². The van der Waals surface area contributed by atoms with E-state index in [1.165, 1.54) is 6.33 Å². The van der Waals surface area contributed by atoms with Crippen LogP contribution in [0.5, 0.6) is 0 Å². The predicted molar refractivity (Wildman–Crippen MR) is 102 cm³/mol. The fraction of sp³-hybridized carbons (Fsp3) is 0.571. The van der Waals surface area contributed by atoms with Gasteiger partial charge >= 0.3 is 0 Å². The van der Waals surface area contributed by atoms with E-state index < -0.39 is 18.6 Å². The monoisotopic (exact) mass is 467 g/mol. The summed E-state index contributed by atoms with van der Waals surface area (Å²) in [6.07, 6.45) is -1.23. The lowest BCUT2D eigenvalue weighted by Gasteiger charge is -2.26. The Labute approximate surface area is 157 Å². The van der Waals surface area contributed by atoms with Crippen molar-refractivity contribution in [2.45, 2.75) is 29.9 Å². The van der Waals surface area contributed by atoms with Gasteiger partial charge < -0.3 is 20.6 Å². The zero-order chi connectivity index (χ0) is 18.8. The lowest BCUT2D eigenvalue weighted by molar-refractivity contribution is 0.0890. The molecule has 25 heavy (non-hydrogen) atoms. The zero-order valence-corrected chi connectivity index (χ0v) is 16.4. The van der Waals surface area contributed by atoms with E-state index in [1.54, 1.807) is 32.8 Å². The van der Waals surface area contributed by atoms with Crippen LogP contribution in [0, 0.1) is 0 Å². The van der Waals surface area contributed by atoms with E-state index in [-0.39, 0.29) is 9.87 Å². The molecule has 0 saturated carbocycles. The molecule has 1 unspecified atom stereocenters. The summed E-state index contributed by atoms with van der Waals surface area (Å²) in [5, 5.41) is 15.8. The van der Waals surface area contributed by atoms with Gasteiger partial charge in [0.15, 0.2) is 11.6 Å². The topological polar surface area (TPSA) is 99.1 Å². The molecule has 0 aliphatic rings.